The molecule has 0 amide bonds. The highest BCUT2D eigenvalue weighted by Crippen LogP contribution is 2.23. The van der Waals surface area contributed by atoms with E-state index in [1.54, 1.807) is 18.2 Å². The Labute approximate surface area is 107 Å². The van der Waals surface area contributed by atoms with E-state index >= 15 is 0 Å². The molecule has 0 atom stereocenters. The summed E-state index contributed by atoms with van der Waals surface area (Å²) in [5.41, 5.74) is 0.957. The molecule has 17 heavy (non-hydrogen) atoms. The third-order valence-electron chi connectivity index (χ3n) is 3.01. The van der Waals surface area contributed by atoms with E-state index in [0.29, 0.717) is 18.0 Å². The van der Waals surface area contributed by atoms with Crippen molar-refractivity contribution in [1.29, 1.82) is 0 Å². The minimum Gasteiger partial charge on any atom is -0.207 e. The van der Waals surface area contributed by atoms with Crippen molar-refractivity contribution in [2.75, 3.05) is 13.1 Å². The molecule has 1 aromatic rings. The summed E-state index contributed by atoms with van der Waals surface area (Å²) in [6.07, 6.45) is 1.46. The van der Waals surface area contributed by atoms with Crippen LogP contribution in [0.1, 0.15) is 18.4 Å². The van der Waals surface area contributed by atoms with Gasteiger partial charge in [-0.25, -0.2) is 8.42 Å². The molecule has 0 spiro atoms. The quantitative estimate of drug-likeness (QED) is 0.776. The third-order valence-corrected chi connectivity index (χ3v) is 5.34. The van der Waals surface area contributed by atoms with E-state index in [9.17, 15) is 8.42 Å². The van der Waals surface area contributed by atoms with E-state index in [2.05, 4.69) is 0 Å². The van der Waals surface area contributed by atoms with Gasteiger partial charge < -0.3 is 0 Å². The van der Waals surface area contributed by atoms with Gasteiger partial charge in [-0.15, -0.1) is 11.6 Å². The van der Waals surface area contributed by atoms with Crippen LogP contribution in [0.5, 0.6) is 0 Å². The largest absolute Gasteiger partial charge is 0.243 e. The lowest BCUT2D eigenvalue weighted by Crippen LogP contribution is -2.38. The molecule has 0 radical (unpaired) electrons. The van der Waals surface area contributed by atoms with Gasteiger partial charge in [-0.1, -0.05) is 12.1 Å². The van der Waals surface area contributed by atoms with Crippen LogP contribution in [0.25, 0.3) is 0 Å². The van der Waals surface area contributed by atoms with Gasteiger partial charge in [0.15, 0.2) is 0 Å². The third kappa shape index (κ3) is 2.81. The molecular weight excluding hydrogens is 258 g/mol. The summed E-state index contributed by atoms with van der Waals surface area (Å²) in [5.74, 6) is 0. The molecule has 94 valence electrons. The summed E-state index contributed by atoms with van der Waals surface area (Å²) in [4.78, 5) is 0.380. The molecule has 1 saturated heterocycles. The number of alkyl halides is 1. The Morgan fingerprint density at radius 3 is 2.53 bits per heavy atom. The second-order valence-corrected chi connectivity index (χ2v) is 6.95. The fourth-order valence-corrected chi connectivity index (χ4v) is 3.76. The van der Waals surface area contributed by atoms with Crippen molar-refractivity contribution in [2.24, 2.45) is 0 Å². The Kier molecular flexibility index (Phi) is 3.76. The van der Waals surface area contributed by atoms with Crippen molar-refractivity contribution in [3.05, 3.63) is 29.8 Å². The first-order valence-electron chi connectivity index (χ1n) is 5.71. The van der Waals surface area contributed by atoms with E-state index in [4.69, 9.17) is 11.6 Å². The highest BCUT2D eigenvalue weighted by Gasteiger charge is 2.28. The lowest BCUT2D eigenvalue weighted by molar-refractivity contribution is 0.350. The van der Waals surface area contributed by atoms with Gasteiger partial charge in [-0.2, -0.15) is 4.31 Å². The molecular formula is C12H16ClNO2S. The molecule has 1 heterocycles. The molecule has 0 aromatic heterocycles. The summed E-state index contributed by atoms with van der Waals surface area (Å²) in [6.45, 7) is 2.93. The molecule has 1 fully saturated rings. The summed E-state index contributed by atoms with van der Waals surface area (Å²) in [7, 11) is -3.33. The number of halogens is 1. The van der Waals surface area contributed by atoms with Crippen molar-refractivity contribution >= 4 is 21.6 Å². The van der Waals surface area contributed by atoms with Crippen LogP contribution < -0.4 is 0 Å². The first kappa shape index (κ1) is 12.9. The fraction of sp³-hybridized carbons (Fsp3) is 0.500. The van der Waals surface area contributed by atoms with Crippen LogP contribution in [0.4, 0.5) is 0 Å². The van der Waals surface area contributed by atoms with Gasteiger partial charge >= 0.3 is 0 Å². The fourth-order valence-electron chi connectivity index (χ4n) is 1.99. The van der Waals surface area contributed by atoms with Gasteiger partial charge in [0.05, 0.1) is 4.90 Å². The average Bonchev–Trinajstić information content (AvgIpc) is 2.29. The smallest absolute Gasteiger partial charge is 0.207 e. The molecule has 0 bridgehead atoms. The molecule has 0 unspecified atom stereocenters. The number of benzene rings is 1. The van der Waals surface area contributed by atoms with Gasteiger partial charge in [0.25, 0.3) is 0 Å². The monoisotopic (exact) mass is 273 g/mol. The topological polar surface area (TPSA) is 37.4 Å². The van der Waals surface area contributed by atoms with E-state index in [1.807, 2.05) is 13.0 Å². The number of rotatable bonds is 2. The Hall–Kier alpha value is -0.580. The number of nitrogens with zero attached hydrogens (tertiary/aromatic N) is 1. The lowest BCUT2D eigenvalue weighted by Gasteiger charge is -2.28. The number of aryl methyl sites for hydroxylation is 1. The zero-order chi connectivity index (χ0) is 12.5. The molecule has 0 aliphatic carbocycles. The van der Waals surface area contributed by atoms with E-state index < -0.39 is 10.0 Å². The minimum absolute atomic E-state index is 0.110. The van der Waals surface area contributed by atoms with Gasteiger partial charge in [0, 0.05) is 18.5 Å². The maximum absolute atomic E-state index is 12.3. The summed E-state index contributed by atoms with van der Waals surface area (Å²) >= 11 is 5.98. The van der Waals surface area contributed by atoms with Gasteiger partial charge in [-0.05, 0) is 37.5 Å². The normalized spacial score (nSPS) is 19.4. The molecule has 2 rings (SSSR count). The summed E-state index contributed by atoms with van der Waals surface area (Å²) in [5, 5.41) is 0.110. The van der Waals surface area contributed by atoms with Gasteiger partial charge in [0.2, 0.25) is 10.0 Å². The zero-order valence-electron chi connectivity index (χ0n) is 9.77. The van der Waals surface area contributed by atoms with Crippen molar-refractivity contribution < 1.29 is 8.42 Å². The number of sulfonamides is 1. The summed E-state index contributed by atoms with van der Waals surface area (Å²) in [6, 6.07) is 7.03. The number of hydrogen-bond donors (Lipinski definition) is 0. The molecule has 3 nitrogen and oxygen atoms in total. The standard InChI is InChI=1S/C12H16ClNO2S/c1-10-3-2-4-12(9-10)17(15,16)14-7-5-11(13)6-8-14/h2-4,9,11H,5-8H2,1H3. The first-order chi connectivity index (χ1) is 8.00. The molecule has 1 aromatic carbocycles. The van der Waals surface area contributed by atoms with Gasteiger partial charge in [-0.3, -0.25) is 0 Å². The maximum Gasteiger partial charge on any atom is 0.243 e. The lowest BCUT2D eigenvalue weighted by atomic mass is 10.2. The highest BCUT2D eigenvalue weighted by molar-refractivity contribution is 7.89. The van der Waals surface area contributed by atoms with Crippen LogP contribution in [0, 0.1) is 6.92 Å². The van der Waals surface area contributed by atoms with Crippen molar-refractivity contribution in [3.63, 3.8) is 0 Å². The molecule has 0 N–H and O–H groups in total. The van der Waals surface area contributed by atoms with Crippen LogP contribution in [0.15, 0.2) is 29.2 Å². The van der Waals surface area contributed by atoms with Crippen LogP contribution in [-0.4, -0.2) is 31.2 Å². The average molecular weight is 274 g/mol. The minimum atomic E-state index is -3.33. The second-order valence-electron chi connectivity index (χ2n) is 4.40. The predicted octanol–water partition coefficient (Wildman–Crippen LogP) is 2.39. The van der Waals surface area contributed by atoms with E-state index in [0.717, 1.165) is 18.4 Å². The first-order valence-corrected chi connectivity index (χ1v) is 7.59. The highest BCUT2D eigenvalue weighted by atomic mass is 35.5. The van der Waals surface area contributed by atoms with Crippen molar-refractivity contribution in [2.45, 2.75) is 30.0 Å². The molecule has 0 saturated carbocycles. The Bertz CT molecular complexity index is 493. The predicted molar refractivity (Wildman–Crippen MR) is 68.8 cm³/mol. The second kappa shape index (κ2) is 4.96. The van der Waals surface area contributed by atoms with Crippen LogP contribution in [0.2, 0.25) is 0 Å². The Morgan fingerprint density at radius 2 is 1.94 bits per heavy atom. The van der Waals surface area contributed by atoms with E-state index in [1.165, 1.54) is 4.31 Å². The number of hydrogen-bond acceptors (Lipinski definition) is 2. The molecule has 1 aliphatic heterocycles. The maximum atomic E-state index is 12.3. The van der Waals surface area contributed by atoms with Crippen molar-refractivity contribution in [1.82, 2.24) is 4.31 Å². The Morgan fingerprint density at radius 1 is 1.29 bits per heavy atom. The zero-order valence-corrected chi connectivity index (χ0v) is 11.3. The number of piperidine rings is 1. The van der Waals surface area contributed by atoms with Crippen LogP contribution in [0.3, 0.4) is 0 Å². The van der Waals surface area contributed by atoms with E-state index in [-0.39, 0.29) is 5.38 Å². The molecule has 1 aliphatic rings. The molecule has 5 heteroatoms. The Balaban J connectivity index is 2.25. The summed E-state index contributed by atoms with van der Waals surface area (Å²) < 4.78 is 26.2. The SMILES string of the molecule is Cc1cccc(S(=O)(=O)N2CCC(Cl)CC2)c1. The van der Waals surface area contributed by atoms with Crippen LogP contribution >= 0.6 is 11.6 Å². The van der Waals surface area contributed by atoms with Gasteiger partial charge in [0.1, 0.15) is 0 Å². The van der Waals surface area contributed by atoms with Crippen LogP contribution in [-0.2, 0) is 10.0 Å². The van der Waals surface area contributed by atoms with Crippen molar-refractivity contribution in [3.8, 4) is 0 Å².